The molecule has 0 saturated heterocycles. The summed E-state index contributed by atoms with van der Waals surface area (Å²) in [4.78, 5) is 22.9. The monoisotopic (exact) mass is 295 g/mol. The van der Waals surface area contributed by atoms with Crippen molar-refractivity contribution in [3.63, 3.8) is 0 Å². The fourth-order valence-corrected chi connectivity index (χ4v) is 1.66. The van der Waals surface area contributed by atoms with Crippen molar-refractivity contribution in [3.8, 4) is 5.75 Å². The maximum absolute atomic E-state index is 11.8. The molecule has 7 heteroatoms. The number of rotatable bonds is 8. The van der Waals surface area contributed by atoms with Crippen molar-refractivity contribution in [3.05, 3.63) is 18.2 Å². The lowest BCUT2D eigenvalue weighted by Gasteiger charge is -2.12. The van der Waals surface area contributed by atoms with Crippen molar-refractivity contribution < 1.29 is 19.1 Å². The van der Waals surface area contributed by atoms with E-state index in [0.717, 1.165) is 0 Å². The lowest BCUT2D eigenvalue weighted by atomic mass is 10.2. The van der Waals surface area contributed by atoms with Crippen molar-refractivity contribution in [2.75, 3.05) is 44.5 Å². The van der Waals surface area contributed by atoms with Crippen molar-refractivity contribution in [2.24, 2.45) is 0 Å². The van der Waals surface area contributed by atoms with E-state index in [0.29, 0.717) is 30.3 Å². The Bertz CT molecular complexity index is 491. The third-order valence-corrected chi connectivity index (χ3v) is 2.56. The van der Waals surface area contributed by atoms with Gasteiger partial charge in [-0.2, -0.15) is 0 Å². The van der Waals surface area contributed by atoms with Crippen LogP contribution in [0, 0.1) is 0 Å². The van der Waals surface area contributed by atoms with Gasteiger partial charge in [0.1, 0.15) is 5.75 Å². The highest BCUT2D eigenvalue weighted by atomic mass is 16.5. The molecule has 0 fully saturated rings. The molecule has 0 atom stereocenters. The topological polar surface area (TPSA) is 88.7 Å². The molecular formula is C14H21N3O4. The maximum atomic E-state index is 11.8. The van der Waals surface area contributed by atoms with E-state index in [2.05, 4.69) is 16.0 Å². The molecule has 21 heavy (non-hydrogen) atoms. The van der Waals surface area contributed by atoms with E-state index in [-0.39, 0.29) is 18.4 Å². The van der Waals surface area contributed by atoms with Gasteiger partial charge in [-0.15, -0.1) is 0 Å². The fraction of sp³-hybridized carbons (Fsp3) is 0.429. The highest BCUT2D eigenvalue weighted by molar-refractivity contribution is 5.95. The van der Waals surface area contributed by atoms with Crippen molar-refractivity contribution in [1.29, 1.82) is 0 Å². The van der Waals surface area contributed by atoms with Gasteiger partial charge in [0, 0.05) is 26.3 Å². The van der Waals surface area contributed by atoms with E-state index in [9.17, 15) is 9.59 Å². The lowest BCUT2D eigenvalue weighted by molar-refractivity contribution is -0.115. The third-order valence-electron chi connectivity index (χ3n) is 2.56. The minimum absolute atomic E-state index is 0.164. The number of ether oxygens (including phenoxy) is 2. The third kappa shape index (κ3) is 6.24. The van der Waals surface area contributed by atoms with E-state index in [1.165, 1.54) is 14.0 Å². The van der Waals surface area contributed by atoms with Gasteiger partial charge in [0.25, 0.3) is 0 Å². The predicted octanol–water partition coefficient (Wildman–Crippen LogP) is 0.828. The lowest BCUT2D eigenvalue weighted by Crippen LogP contribution is -2.30. The number of methoxy groups -OCH3 is 2. The van der Waals surface area contributed by atoms with Gasteiger partial charge in [-0.25, -0.2) is 0 Å². The first-order chi connectivity index (χ1) is 10.1. The summed E-state index contributed by atoms with van der Waals surface area (Å²) in [7, 11) is 3.11. The van der Waals surface area contributed by atoms with Crippen LogP contribution in [0.3, 0.4) is 0 Å². The summed E-state index contributed by atoms with van der Waals surface area (Å²) in [5.41, 5.74) is 1.09. The average Bonchev–Trinajstić information content (AvgIpc) is 2.43. The van der Waals surface area contributed by atoms with Gasteiger partial charge in [-0.05, 0) is 18.2 Å². The van der Waals surface area contributed by atoms with Crippen molar-refractivity contribution in [2.45, 2.75) is 6.92 Å². The van der Waals surface area contributed by atoms with Crippen LogP contribution in [-0.4, -0.2) is 45.7 Å². The van der Waals surface area contributed by atoms with Crippen LogP contribution in [-0.2, 0) is 14.3 Å². The standard InChI is InChI=1S/C14H21N3O4/c1-10(18)16-11-4-5-13(21-3)12(8-11)17-14(19)9-15-6-7-20-2/h4-5,8,15H,6-7,9H2,1-3H3,(H,16,18)(H,17,19). The highest BCUT2D eigenvalue weighted by Gasteiger charge is 2.09. The van der Waals surface area contributed by atoms with Crippen molar-refractivity contribution >= 4 is 23.2 Å². The first-order valence-corrected chi connectivity index (χ1v) is 6.52. The molecule has 0 saturated carbocycles. The maximum Gasteiger partial charge on any atom is 0.238 e. The number of nitrogens with one attached hydrogen (secondary N) is 3. The highest BCUT2D eigenvalue weighted by Crippen LogP contribution is 2.27. The molecule has 0 bridgehead atoms. The number of amides is 2. The molecule has 3 N–H and O–H groups in total. The molecule has 0 aromatic heterocycles. The number of hydrogen-bond donors (Lipinski definition) is 3. The fourth-order valence-electron chi connectivity index (χ4n) is 1.66. The normalized spacial score (nSPS) is 10.0. The molecule has 0 heterocycles. The molecule has 0 aliphatic heterocycles. The molecule has 0 aliphatic carbocycles. The molecule has 0 radical (unpaired) electrons. The second-order valence-corrected chi connectivity index (χ2v) is 4.31. The van der Waals surface area contributed by atoms with Crippen LogP contribution in [0.2, 0.25) is 0 Å². The zero-order valence-corrected chi connectivity index (χ0v) is 12.5. The molecule has 116 valence electrons. The van der Waals surface area contributed by atoms with Crippen LogP contribution >= 0.6 is 0 Å². The van der Waals surface area contributed by atoms with Gasteiger partial charge in [-0.3, -0.25) is 9.59 Å². The van der Waals surface area contributed by atoms with Crippen LogP contribution in [0.25, 0.3) is 0 Å². The minimum Gasteiger partial charge on any atom is -0.495 e. The smallest absolute Gasteiger partial charge is 0.238 e. The van der Waals surface area contributed by atoms with E-state index in [4.69, 9.17) is 9.47 Å². The van der Waals surface area contributed by atoms with Gasteiger partial charge in [-0.1, -0.05) is 0 Å². The Morgan fingerprint density at radius 3 is 2.57 bits per heavy atom. The molecule has 7 nitrogen and oxygen atoms in total. The Hall–Kier alpha value is -2.12. The first-order valence-electron chi connectivity index (χ1n) is 6.52. The molecule has 0 aliphatic rings. The molecular weight excluding hydrogens is 274 g/mol. The largest absolute Gasteiger partial charge is 0.495 e. The van der Waals surface area contributed by atoms with Crippen LogP contribution < -0.4 is 20.7 Å². The van der Waals surface area contributed by atoms with Gasteiger partial charge in [0.15, 0.2) is 0 Å². The van der Waals surface area contributed by atoms with Crippen LogP contribution in [0.15, 0.2) is 18.2 Å². The first kappa shape index (κ1) is 16.9. The summed E-state index contributed by atoms with van der Waals surface area (Å²) < 4.78 is 10.1. The van der Waals surface area contributed by atoms with Crippen LogP contribution in [0.5, 0.6) is 5.75 Å². The number of benzene rings is 1. The number of hydrogen-bond acceptors (Lipinski definition) is 5. The second-order valence-electron chi connectivity index (χ2n) is 4.31. The Labute approximate surface area is 124 Å². The zero-order chi connectivity index (χ0) is 15.7. The van der Waals surface area contributed by atoms with Crippen LogP contribution in [0.1, 0.15) is 6.92 Å². The summed E-state index contributed by atoms with van der Waals surface area (Å²) in [6.07, 6.45) is 0. The Balaban J connectivity index is 2.66. The van der Waals surface area contributed by atoms with E-state index in [1.54, 1.807) is 25.3 Å². The molecule has 2 amide bonds. The molecule has 1 aromatic rings. The Kier molecular flexibility index (Phi) is 7.20. The Morgan fingerprint density at radius 2 is 1.95 bits per heavy atom. The number of carbonyl (C=O) groups is 2. The van der Waals surface area contributed by atoms with E-state index >= 15 is 0 Å². The molecule has 1 aromatic carbocycles. The zero-order valence-electron chi connectivity index (χ0n) is 12.5. The summed E-state index contributed by atoms with van der Waals surface area (Å²) in [5.74, 6) is 0.136. The van der Waals surface area contributed by atoms with Gasteiger partial charge < -0.3 is 25.4 Å². The summed E-state index contributed by atoms with van der Waals surface area (Å²) in [6.45, 7) is 2.71. The second kappa shape index (κ2) is 8.93. The van der Waals surface area contributed by atoms with Gasteiger partial charge in [0.05, 0.1) is 25.9 Å². The van der Waals surface area contributed by atoms with Crippen molar-refractivity contribution in [1.82, 2.24) is 5.32 Å². The summed E-state index contributed by atoms with van der Waals surface area (Å²) >= 11 is 0. The minimum atomic E-state index is -0.204. The molecule has 0 spiro atoms. The number of carbonyl (C=O) groups excluding carboxylic acids is 2. The average molecular weight is 295 g/mol. The van der Waals surface area contributed by atoms with Gasteiger partial charge in [0.2, 0.25) is 11.8 Å². The molecule has 0 unspecified atom stereocenters. The molecule has 1 rings (SSSR count). The van der Waals surface area contributed by atoms with Gasteiger partial charge >= 0.3 is 0 Å². The predicted molar refractivity (Wildman–Crippen MR) is 80.7 cm³/mol. The van der Waals surface area contributed by atoms with E-state index < -0.39 is 0 Å². The number of anilines is 2. The summed E-state index contributed by atoms with van der Waals surface area (Å²) in [6, 6.07) is 5.03. The summed E-state index contributed by atoms with van der Waals surface area (Å²) in [5, 5.41) is 8.33. The van der Waals surface area contributed by atoms with Crippen LogP contribution in [0.4, 0.5) is 11.4 Å². The Morgan fingerprint density at radius 1 is 1.19 bits per heavy atom. The van der Waals surface area contributed by atoms with E-state index in [1.807, 2.05) is 0 Å². The quantitative estimate of drug-likeness (QED) is 0.618. The SMILES string of the molecule is COCCNCC(=O)Nc1cc(NC(C)=O)ccc1OC.